The van der Waals surface area contributed by atoms with Crippen LogP contribution in [0.2, 0.25) is 11.3 Å². The second kappa shape index (κ2) is 3.13. The molecular formula is C8H11BClN2. The molecule has 12 heavy (non-hydrogen) atoms. The Bertz CT molecular complexity index is 259. The van der Waals surface area contributed by atoms with Crippen LogP contribution in [0.1, 0.15) is 24.4 Å². The fourth-order valence-corrected chi connectivity index (χ4v) is 2.17. The number of hydrogen-bond acceptors (Lipinski definition) is 1. The molecule has 1 fully saturated rings. The topological polar surface area (TPSA) is 17.8 Å². The van der Waals surface area contributed by atoms with Gasteiger partial charge in [-0.15, -0.1) is 0 Å². The molecule has 1 aromatic rings. The minimum atomic E-state index is 0.532. The first-order valence-corrected chi connectivity index (χ1v) is 4.67. The Morgan fingerprint density at radius 2 is 2.58 bits per heavy atom. The van der Waals surface area contributed by atoms with Crippen LogP contribution >= 0.6 is 11.6 Å². The molecule has 2 rings (SSSR count). The molecule has 0 bridgehead atoms. The summed E-state index contributed by atoms with van der Waals surface area (Å²) in [5.41, 5.74) is 1.18. The largest absolute Gasteiger partial charge is 0.272 e. The smallest absolute Gasteiger partial charge is 0.121 e. The molecule has 1 saturated heterocycles. The van der Waals surface area contributed by atoms with Crippen molar-refractivity contribution in [1.29, 1.82) is 0 Å². The zero-order valence-electron chi connectivity index (χ0n) is 7.13. The van der Waals surface area contributed by atoms with E-state index < -0.39 is 0 Å². The summed E-state index contributed by atoms with van der Waals surface area (Å²) < 4.78 is 1.88. The van der Waals surface area contributed by atoms with Crippen molar-refractivity contribution < 1.29 is 0 Å². The molecule has 1 unspecified atom stereocenters. The summed E-state index contributed by atoms with van der Waals surface area (Å²) in [6.45, 7) is 0. The van der Waals surface area contributed by atoms with E-state index in [0.717, 1.165) is 5.02 Å². The summed E-state index contributed by atoms with van der Waals surface area (Å²) in [6.07, 6.45) is 5.45. The molecule has 1 radical (unpaired) electrons. The zero-order valence-corrected chi connectivity index (χ0v) is 7.88. The van der Waals surface area contributed by atoms with Gasteiger partial charge in [0, 0.05) is 7.05 Å². The van der Waals surface area contributed by atoms with Crippen LogP contribution in [0.4, 0.5) is 0 Å². The molecular weight excluding hydrogens is 170 g/mol. The molecule has 0 amide bonds. The lowest BCUT2D eigenvalue weighted by Gasteiger charge is -2.09. The number of rotatable bonds is 1. The summed E-state index contributed by atoms with van der Waals surface area (Å²) in [4.78, 5) is 0. The summed E-state index contributed by atoms with van der Waals surface area (Å²) >= 11 is 6.02. The highest BCUT2D eigenvalue weighted by Gasteiger charge is 2.23. The highest BCUT2D eigenvalue weighted by Crippen LogP contribution is 2.32. The van der Waals surface area contributed by atoms with Crippen LogP contribution < -0.4 is 0 Å². The van der Waals surface area contributed by atoms with E-state index in [-0.39, 0.29) is 0 Å². The minimum Gasteiger partial charge on any atom is -0.272 e. The van der Waals surface area contributed by atoms with Crippen molar-refractivity contribution >= 4 is 18.9 Å². The van der Waals surface area contributed by atoms with Crippen molar-refractivity contribution in [3.63, 3.8) is 0 Å². The van der Waals surface area contributed by atoms with E-state index >= 15 is 0 Å². The zero-order chi connectivity index (χ0) is 8.55. The van der Waals surface area contributed by atoms with E-state index in [1.54, 1.807) is 6.20 Å². The predicted octanol–water partition coefficient (Wildman–Crippen LogP) is 2.03. The van der Waals surface area contributed by atoms with Crippen LogP contribution in [0.15, 0.2) is 6.20 Å². The molecule has 1 atom stereocenters. The van der Waals surface area contributed by atoms with E-state index in [0.29, 0.717) is 5.82 Å². The van der Waals surface area contributed by atoms with Crippen molar-refractivity contribution in [2.45, 2.75) is 25.0 Å². The van der Waals surface area contributed by atoms with Crippen LogP contribution in [0, 0.1) is 0 Å². The van der Waals surface area contributed by atoms with Gasteiger partial charge in [0.25, 0.3) is 0 Å². The third kappa shape index (κ3) is 1.26. The average Bonchev–Trinajstić information content (AvgIpc) is 2.61. The average molecular weight is 181 g/mol. The molecule has 0 aromatic carbocycles. The number of nitrogens with zero attached hydrogens (tertiary/aromatic N) is 2. The van der Waals surface area contributed by atoms with Crippen molar-refractivity contribution in [3.05, 3.63) is 16.9 Å². The van der Waals surface area contributed by atoms with Gasteiger partial charge in [0.15, 0.2) is 0 Å². The van der Waals surface area contributed by atoms with Crippen LogP contribution in [-0.2, 0) is 7.05 Å². The Kier molecular flexibility index (Phi) is 2.13. The molecule has 0 aliphatic carbocycles. The SMILES string of the molecule is Cn1ncc(Cl)c1C1[B]CCC1. The Balaban J connectivity index is 2.30. The maximum atomic E-state index is 6.02. The lowest BCUT2D eigenvalue weighted by Crippen LogP contribution is -2.07. The summed E-state index contributed by atoms with van der Waals surface area (Å²) in [5, 5.41) is 4.93. The monoisotopic (exact) mass is 181 g/mol. The number of hydrogen-bond donors (Lipinski definition) is 0. The van der Waals surface area contributed by atoms with Gasteiger partial charge in [0.05, 0.1) is 16.9 Å². The highest BCUT2D eigenvalue weighted by atomic mass is 35.5. The van der Waals surface area contributed by atoms with E-state index in [1.807, 2.05) is 11.7 Å². The third-order valence-electron chi connectivity index (χ3n) is 2.46. The number of aromatic nitrogens is 2. The second-order valence-corrected chi connectivity index (χ2v) is 3.68. The van der Waals surface area contributed by atoms with Crippen molar-refractivity contribution in [1.82, 2.24) is 9.78 Å². The van der Waals surface area contributed by atoms with Gasteiger partial charge in [-0.05, 0) is 5.82 Å². The molecule has 2 heterocycles. The maximum Gasteiger partial charge on any atom is 0.121 e. The van der Waals surface area contributed by atoms with Crippen LogP contribution in [-0.4, -0.2) is 17.1 Å². The molecule has 0 N–H and O–H groups in total. The standard InChI is InChI=1S/C8H11BClN2/c1-12-8(7(10)5-11-12)6-3-2-4-9-6/h5-6H,2-4H2,1H3. The predicted molar refractivity (Wildman–Crippen MR) is 50.8 cm³/mol. The lowest BCUT2D eigenvalue weighted by atomic mass is 9.66. The summed E-state index contributed by atoms with van der Waals surface area (Å²) in [5.74, 6) is 0.532. The summed E-state index contributed by atoms with van der Waals surface area (Å²) in [7, 11) is 4.29. The van der Waals surface area contributed by atoms with Crippen molar-refractivity contribution in [2.75, 3.05) is 0 Å². The Hall–Kier alpha value is -0.435. The quantitative estimate of drug-likeness (QED) is 0.606. The Labute approximate surface area is 78.1 Å². The van der Waals surface area contributed by atoms with Gasteiger partial charge in [0.1, 0.15) is 7.28 Å². The van der Waals surface area contributed by atoms with E-state index in [1.165, 1.54) is 24.9 Å². The van der Waals surface area contributed by atoms with Crippen LogP contribution in [0.3, 0.4) is 0 Å². The molecule has 1 aliphatic rings. The van der Waals surface area contributed by atoms with E-state index in [2.05, 4.69) is 12.4 Å². The van der Waals surface area contributed by atoms with Crippen molar-refractivity contribution in [3.8, 4) is 0 Å². The van der Waals surface area contributed by atoms with Gasteiger partial charge in [-0.3, -0.25) is 4.68 Å². The van der Waals surface area contributed by atoms with Gasteiger partial charge < -0.3 is 0 Å². The fourth-order valence-electron chi connectivity index (χ4n) is 1.86. The van der Waals surface area contributed by atoms with Gasteiger partial charge in [-0.25, -0.2) is 0 Å². The first kappa shape index (κ1) is 8.18. The minimum absolute atomic E-state index is 0.532. The van der Waals surface area contributed by atoms with Gasteiger partial charge in [-0.2, -0.15) is 5.10 Å². The highest BCUT2D eigenvalue weighted by molar-refractivity contribution is 6.40. The first-order valence-electron chi connectivity index (χ1n) is 4.30. The summed E-state index contributed by atoms with van der Waals surface area (Å²) in [6, 6.07) is 0. The van der Waals surface area contributed by atoms with Gasteiger partial charge >= 0.3 is 0 Å². The number of aryl methyl sites for hydroxylation is 1. The van der Waals surface area contributed by atoms with Crippen LogP contribution in [0.5, 0.6) is 0 Å². The molecule has 1 aromatic heterocycles. The molecule has 1 aliphatic heterocycles. The molecule has 0 saturated carbocycles. The first-order chi connectivity index (χ1) is 5.79. The fraction of sp³-hybridized carbons (Fsp3) is 0.625. The third-order valence-corrected chi connectivity index (χ3v) is 2.75. The van der Waals surface area contributed by atoms with Gasteiger partial charge in [0.2, 0.25) is 0 Å². The van der Waals surface area contributed by atoms with Crippen LogP contribution in [0.25, 0.3) is 0 Å². The molecule has 4 heteroatoms. The number of halogens is 1. The Morgan fingerprint density at radius 3 is 3.08 bits per heavy atom. The van der Waals surface area contributed by atoms with E-state index in [4.69, 9.17) is 11.6 Å². The molecule has 63 valence electrons. The lowest BCUT2D eigenvalue weighted by molar-refractivity contribution is 0.679. The Morgan fingerprint density at radius 1 is 1.75 bits per heavy atom. The van der Waals surface area contributed by atoms with Gasteiger partial charge in [-0.1, -0.05) is 30.8 Å². The van der Waals surface area contributed by atoms with E-state index in [9.17, 15) is 0 Å². The van der Waals surface area contributed by atoms with Crippen molar-refractivity contribution in [2.24, 2.45) is 7.05 Å². The maximum absolute atomic E-state index is 6.02. The second-order valence-electron chi connectivity index (χ2n) is 3.27. The molecule has 2 nitrogen and oxygen atoms in total. The normalized spacial score (nSPS) is 22.7. The molecule has 0 spiro atoms.